The molecule has 3 aromatic carbocycles. The van der Waals surface area contributed by atoms with Crippen LogP contribution in [-0.2, 0) is 6.61 Å². The highest BCUT2D eigenvalue weighted by molar-refractivity contribution is 6.31. The number of nitrogens with one attached hydrogen (secondary N) is 1. The second-order valence-corrected chi connectivity index (χ2v) is 6.77. The van der Waals surface area contributed by atoms with Gasteiger partial charge in [0.1, 0.15) is 30.1 Å². The summed E-state index contributed by atoms with van der Waals surface area (Å²) < 4.78 is 19.1. The summed E-state index contributed by atoms with van der Waals surface area (Å²) in [6.45, 7) is 0.369. The second-order valence-electron chi connectivity index (χ2n) is 6.37. The van der Waals surface area contributed by atoms with Crippen molar-refractivity contribution in [2.45, 2.75) is 6.61 Å². The third kappa shape index (κ3) is 4.29. The molecular formula is C23H15ClFN3O. The normalized spacial score (nSPS) is 11.4. The van der Waals surface area contributed by atoms with Crippen molar-refractivity contribution in [1.29, 1.82) is 5.26 Å². The second kappa shape index (κ2) is 8.17. The first-order valence-corrected chi connectivity index (χ1v) is 9.24. The van der Waals surface area contributed by atoms with Crippen molar-refractivity contribution in [3.8, 4) is 11.8 Å². The van der Waals surface area contributed by atoms with Gasteiger partial charge in [0, 0.05) is 10.6 Å². The number of aromatic nitrogens is 2. The Morgan fingerprint density at radius 1 is 1.14 bits per heavy atom. The SMILES string of the molecule is N#C/C(=C/c1ccc(OCc2ccccc2Cl)cc1)c1nc2ccc(F)cc2[nH]1. The van der Waals surface area contributed by atoms with Gasteiger partial charge in [-0.05, 0) is 48.0 Å². The van der Waals surface area contributed by atoms with E-state index in [1.807, 2.05) is 48.5 Å². The first-order valence-electron chi connectivity index (χ1n) is 8.86. The van der Waals surface area contributed by atoms with Gasteiger partial charge in [-0.1, -0.05) is 41.9 Å². The highest BCUT2D eigenvalue weighted by Crippen LogP contribution is 2.22. The lowest BCUT2D eigenvalue weighted by Gasteiger charge is -2.08. The lowest BCUT2D eigenvalue weighted by molar-refractivity contribution is 0.306. The van der Waals surface area contributed by atoms with E-state index in [2.05, 4.69) is 16.0 Å². The van der Waals surface area contributed by atoms with Gasteiger partial charge in [-0.3, -0.25) is 0 Å². The molecule has 0 aliphatic rings. The van der Waals surface area contributed by atoms with Crippen LogP contribution < -0.4 is 4.74 Å². The molecule has 29 heavy (non-hydrogen) atoms. The van der Waals surface area contributed by atoms with Gasteiger partial charge in [-0.15, -0.1) is 0 Å². The molecule has 0 amide bonds. The van der Waals surface area contributed by atoms with E-state index in [1.165, 1.54) is 12.1 Å². The van der Waals surface area contributed by atoms with Crippen LogP contribution in [0.25, 0.3) is 22.7 Å². The van der Waals surface area contributed by atoms with E-state index in [0.29, 0.717) is 39.8 Å². The molecule has 0 bridgehead atoms. The molecule has 4 rings (SSSR count). The zero-order valence-corrected chi connectivity index (χ0v) is 15.9. The number of halogens is 2. The lowest BCUT2D eigenvalue weighted by atomic mass is 10.1. The van der Waals surface area contributed by atoms with E-state index < -0.39 is 0 Å². The summed E-state index contributed by atoms with van der Waals surface area (Å²) in [6, 6.07) is 21.3. The fourth-order valence-corrected chi connectivity index (χ4v) is 3.06. The number of fused-ring (bicyclic) bond motifs is 1. The number of allylic oxidation sites excluding steroid dienone is 1. The molecule has 4 nitrogen and oxygen atoms in total. The maximum atomic E-state index is 13.4. The summed E-state index contributed by atoms with van der Waals surface area (Å²) in [6.07, 6.45) is 1.71. The predicted molar refractivity (Wildman–Crippen MR) is 112 cm³/mol. The molecule has 0 unspecified atom stereocenters. The molecule has 1 N–H and O–H groups in total. The van der Waals surface area contributed by atoms with Crippen molar-refractivity contribution in [2.75, 3.05) is 0 Å². The minimum Gasteiger partial charge on any atom is -0.489 e. The lowest BCUT2D eigenvalue weighted by Crippen LogP contribution is -1.96. The number of H-pyrrole nitrogens is 1. The molecule has 1 aromatic heterocycles. The Kier molecular flexibility index (Phi) is 5.28. The Morgan fingerprint density at radius 2 is 1.93 bits per heavy atom. The predicted octanol–water partition coefficient (Wildman–Crippen LogP) is 6.00. The van der Waals surface area contributed by atoms with Crippen molar-refractivity contribution in [1.82, 2.24) is 9.97 Å². The topological polar surface area (TPSA) is 61.7 Å². The molecule has 6 heteroatoms. The third-order valence-corrected chi connectivity index (χ3v) is 4.73. The fourth-order valence-electron chi connectivity index (χ4n) is 2.87. The van der Waals surface area contributed by atoms with Gasteiger partial charge < -0.3 is 9.72 Å². The summed E-state index contributed by atoms with van der Waals surface area (Å²) in [4.78, 5) is 7.34. The van der Waals surface area contributed by atoms with Gasteiger partial charge in [0.2, 0.25) is 0 Å². The first kappa shape index (κ1) is 18.7. The minimum atomic E-state index is -0.359. The highest BCUT2D eigenvalue weighted by atomic mass is 35.5. The van der Waals surface area contributed by atoms with Crippen LogP contribution in [0, 0.1) is 17.1 Å². The number of imidazole rings is 1. The molecular weight excluding hydrogens is 389 g/mol. The van der Waals surface area contributed by atoms with E-state index in [9.17, 15) is 9.65 Å². The van der Waals surface area contributed by atoms with Crippen molar-refractivity contribution in [3.63, 3.8) is 0 Å². The Balaban J connectivity index is 1.52. The summed E-state index contributed by atoms with van der Waals surface area (Å²) >= 11 is 6.14. The summed E-state index contributed by atoms with van der Waals surface area (Å²) in [5.41, 5.74) is 3.23. The van der Waals surface area contributed by atoms with Crippen LogP contribution in [0.4, 0.5) is 4.39 Å². The molecule has 0 aliphatic heterocycles. The molecule has 0 saturated carbocycles. The Labute approximate surface area is 171 Å². The Bertz CT molecular complexity index is 1240. The molecule has 142 valence electrons. The summed E-state index contributed by atoms with van der Waals surface area (Å²) in [5, 5.41) is 10.2. The number of hydrogen-bond acceptors (Lipinski definition) is 3. The van der Waals surface area contributed by atoms with Crippen LogP contribution in [0.5, 0.6) is 5.75 Å². The van der Waals surface area contributed by atoms with E-state index in [4.69, 9.17) is 16.3 Å². The monoisotopic (exact) mass is 403 g/mol. The fraction of sp³-hybridized carbons (Fsp3) is 0.0435. The third-order valence-electron chi connectivity index (χ3n) is 4.36. The van der Waals surface area contributed by atoms with Gasteiger partial charge in [-0.25, -0.2) is 9.37 Å². The van der Waals surface area contributed by atoms with Gasteiger partial charge in [0.05, 0.1) is 16.6 Å². The number of aromatic amines is 1. The number of benzene rings is 3. The average molecular weight is 404 g/mol. The van der Waals surface area contributed by atoms with E-state index in [1.54, 1.807) is 12.1 Å². The van der Waals surface area contributed by atoms with E-state index in [0.717, 1.165) is 11.1 Å². The molecule has 4 aromatic rings. The first-order chi connectivity index (χ1) is 14.1. The van der Waals surface area contributed by atoms with E-state index >= 15 is 0 Å². The average Bonchev–Trinajstić information content (AvgIpc) is 3.15. The highest BCUT2D eigenvalue weighted by Gasteiger charge is 2.09. The Morgan fingerprint density at radius 3 is 2.69 bits per heavy atom. The number of nitrogens with zero attached hydrogens (tertiary/aromatic N) is 2. The molecule has 0 radical (unpaired) electrons. The van der Waals surface area contributed by atoms with Crippen LogP contribution >= 0.6 is 11.6 Å². The molecule has 0 saturated heterocycles. The van der Waals surface area contributed by atoms with Gasteiger partial charge in [0.25, 0.3) is 0 Å². The van der Waals surface area contributed by atoms with Gasteiger partial charge in [-0.2, -0.15) is 5.26 Å². The van der Waals surface area contributed by atoms with E-state index in [-0.39, 0.29) is 5.82 Å². The van der Waals surface area contributed by atoms with Crippen LogP contribution in [0.2, 0.25) is 5.02 Å². The smallest absolute Gasteiger partial charge is 0.149 e. The molecule has 0 atom stereocenters. The van der Waals surface area contributed by atoms with Gasteiger partial charge >= 0.3 is 0 Å². The van der Waals surface area contributed by atoms with Crippen molar-refractivity contribution in [3.05, 3.63) is 94.5 Å². The summed E-state index contributed by atoms with van der Waals surface area (Å²) in [5.74, 6) is 0.731. The Hall–Kier alpha value is -3.62. The number of hydrogen-bond donors (Lipinski definition) is 1. The quantitative estimate of drug-likeness (QED) is 0.416. The van der Waals surface area contributed by atoms with Crippen molar-refractivity contribution < 1.29 is 9.13 Å². The standard InChI is InChI=1S/C23H15ClFN3O/c24-20-4-2-1-3-16(20)14-29-19-8-5-15(6-9-19)11-17(13-26)23-27-21-10-7-18(25)12-22(21)28-23/h1-12H,14H2,(H,27,28)/b17-11-. The van der Waals surface area contributed by atoms with Crippen LogP contribution in [0.1, 0.15) is 17.0 Å². The van der Waals surface area contributed by atoms with Crippen LogP contribution in [0.3, 0.4) is 0 Å². The molecule has 0 fully saturated rings. The van der Waals surface area contributed by atoms with Gasteiger partial charge in [0.15, 0.2) is 0 Å². The number of ether oxygens (including phenoxy) is 1. The van der Waals surface area contributed by atoms with Crippen molar-refractivity contribution in [2.24, 2.45) is 0 Å². The summed E-state index contributed by atoms with van der Waals surface area (Å²) in [7, 11) is 0. The zero-order chi connectivity index (χ0) is 20.2. The van der Waals surface area contributed by atoms with Crippen LogP contribution in [-0.4, -0.2) is 9.97 Å². The number of rotatable bonds is 5. The molecule has 1 heterocycles. The maximum Gasteiger partial charge on any atom is 0.149 e. The minimum absolute atomic E-state index is 0.353. The molecule has 0 aliphatic carbocycles. The number of nitriles is 1. The maximum absolute atomic E-state index is 13.4. The molecule has 0 spiro atoms. The van der Waals surface area contributed by atoms with Crippen LogP contribution in [0.15, 0.2) is 66.7 Å². The van der Waals surface area contributed by atoms with Crippen molar-refractivity contribution >= 4 is 34.3 Å². The largest absolute Gasteiger partial charge is 0.489 e. The zero-order valence-electron chi connectivity index (χ0n) is 15.2.